The summed E-state index contributed by atoms with van der Waals surface area (Å²) in [6.45, 7) is 1.71. The van der Waals surface area contributed by atoms with Gasteiger partial charge in [-0.15, -0.1) is 11.3 Å². The second kappa shape index (κ2) is 11.1. The Morgan fingerprint density at radius 2 is 1.95 bits per heavy atom. The van der Waals surface area contributed by atoms with Crippen LogP contribution in [-0.4, -0.2) is 59.3 Å². The molecule has 4 rings (SSSR count). The highest BCUT2D eigenvalue weighted by Gasteiger charge is 2.44. The Balaban J connectivity index is 1.77. The molecule has 13 heteroatoms. The number of aromatic nitrogens is 4. The number of aliphatic hydroxyl groups is 1. The van der Waals surface area contributed by atoms with E-state index in [0.717, 1.165) is 28.4 Å². The molecule has 0 radical (unpaired) electrons. The smallest absolute Gasteiger partial charge is 0.323 e. The molecular formula is C26H22F2N6O4S. The lowest BCUT2D eigenvalue weighted by molar-refractivity contribution is -0.140. The average molecular weight is 553 g/mol. The summed E-state index contributed by atoms with van der Waals surface area (Å²) in [5, 5.41) is 35.0. The van der Waals surface area contributed by atoms with Crippen molar-refractivity contribution in [2.24, 2.45) is 0 Å². The molecule has 0 saturated carbocycles. The molecule has 2 aromatic carbocycles. The number of aliphatic carboxylic acids is 1. The van der Waals surface area contributed by atoms with Gasteiger partial charge < -0.3 is 15.1 Å². The van der Waals surface area contributed by atoms with Crippen molar-refractivity contribution >= 4 is 23.2 Å². The quantitative estimate of drug-likeness (QED) is 0.322. The Kier molecular flexibility index (Phi) is 7.80. The number of carboxylic acid groups (broad SMARTS) is 1. The van der Waals surface area contributed by atoms with Crippen LogP contribution in [0.2, 0.25) is 0 Å². The number of nitrogens with zero attached hydrogens (tertiary/aromatic N) is 6. The fourth-order valence-corrected chi connectivity index (χ4v) is 5.20. The minimum absolute atomic E-state index is 0.116. The summed E-state index contributed by atoms with van der Waals surface area (Å²) >= 11 is 1.01. The normalized spacial score (nSPS) is 13.3. The van der Waals surface area contributed by atoms with Gasteiger partial charge in [0.05, 0.1) is 29.9 Å². The van der Waals surface area contributed by atoms with Gasteiger partial charge in [0.25, 0.3) is 5.91 Å². The number of thiazole rings is 1. The molecule has 200 valence electrons. The van der Waals surface area contributed by atoms with E-state index in [0.29, 0.717) is 27.9 Å². The first-order chi connectivity index (χ1) is 18.5. The number of aryl methyl sites for hydroxylation is 1. The number of amides is 1. The molecule has 10 nitrogen and oxygen atoms in total. The highest BCUT2D eigenvalue weighted by atomic mass is 32.1. The molecular weight excluding hydrogens is 530 g/mol. The van der Waals surface area contributed by atoms with Crippen molar-refractivity contribution in [2.75, 3.05) is 6.54 Å². The molecule has 0 saturated heterocycles. The second-order valence-corrected chi connectivity index (χ2v) is 9.77. The van der Waals surface area contributed by atoms with Crippen LogP contribution < -0.4 is 0 Å². The average Bonchev–Trinajstić information content (AvgIpc) is 3.55. The Morgan fingerprint density at radius 1 is 1.23 bits per heavy atom. The number of carbonyl (C=O) groups excluding carboxylic acids is 1. The Morgan fingerprint density at radius 3 is 2.54 bits per heavy atom. The van der Waals surface area contributed by atoms with Crippen LogP contribution in [0, 0.1) is 29.9 Å². The molecule has 0 aliphatic rings. The molecule has 39 heavy (non-hydrogen) atoms. The van der Waals surface area contributed by atoms with Crippen molar-refractivity contribution in [3.8, 4) is 16.6 Å². The molecule has 0 spiro atoms. The molecule has 2 aromatic heterocycles. The van der Waals surface area contributed by atoms with Crippen LogP contribution in [0.15, 0.2) is 55.1 Å². The van der Waals surface area contributed by atoms with E-state index in [9.17, 15) is 24.2 Å². The molecule has 1 amide bonds. The van der Waals surface area contributed by atoms with Crippen molar-refractivity contribution in [3.05, 3.63) is 88.5 Å². The first-order valence-electron chi connectivity index (χ1n) is 11.5. The van der Waals surface area contributed by atoms with Gasteiger partial charge in [0, 0.05) is 17.2 Å². The van der Waals surface area contributed by atoms with E-state index in [1.165, 1.54) is 24.3 Å². The summed E-state index contributed by atoms with van der Waals surface area (Å²) in [7, 11) is 0. The number of carbonyl (C=O) groups is 2. The summed E-state index contributed by atoms with van der Waals surface area (Å²) in [5.41, 5.74) is -1.18. The second-order valence-electron chi connectivity index (χ2n) is 8.77. The highest BCUT2D eigenvalue weighted by molar-refractivity contribution is 7.17. The third-order valence-electron chi connectivity index (χ3n) is 6.24. The molecule has 0 aliphatic heterocycles. The minimum atomic E-state index is -2.24. The van der Waals surface area contributed by atoms with Crippen LogP contribution in [0.4, 0.5) is 8.78 Å². The third kappa shape index (κ3) is 5.66. The molecule has 0 aliphatic carbocycles. The number of hydrogen-bond donors (Lipinski definition) is 2. The molecule has 2 atom stereocenters. The highest BCUT2D eigenvalue weighted by Crippen LogP contribution is 2.35. The van der Waals surface area contributed by atoms with E-state index >= 15 is 4.39 Å². The summed E-state index contributed by atoms with van der Waals surface area (Å²) in [4.78, 5) is 34.9. The van der Waals surface area contributed by atoms with E-state index in [4.69, 9.17) is 5.26 Å². The maximum absolute atomic E-state index is 15.0. The van der Waals surface area contributed by atoms with Gasteiger partial charge in [-0.25, -0.2) is 23.4 Å². The Hall–Kier alpha value is -4.54. The van der Waals surface area contributed by atoms with Gasteiger partial charge >= 0.3 is 5.97 Å². The zero-order valence-electron chi connectivity index (χ0n) is 20.7. The van der Waals surface area contributed by atoms with E-state index < -0.39 is 48.2 Å². The standard InChI is InChI=1S/C26H22F2N6O4S/c1-15-23(39-24(32-15)18-5-3-17(10-29)4-6-18)25(37)34(11-22(35)36)16(2)26(38,12-33-14-30-13-31-33)20-8-7-19(27)9-21(20)28/h3-9,13-14,16,38H,11-12H2,1-2H3,(H,35,36)/t16-,26-/m1/s1. The van der Waals surface area contributed by atoms with Gasteiger partial charge in [-0.1, -0.05) is 18.2 Å². The van der Waals surface area contributed by atoms with Crippen LogP contribution in [-0.2, 0) is 16.9 Å². The molecule has 0 bridgehead atoms. The lowest BCUT2D eigenvalue weighted by Crippen LogP contribution is -2.55. The van der Waals surface area contributed by atoms with Gasteiger partial charge in [0.1, 0.15) is 46.3 Å². The lowest BCUT2D eigenvalue weighted by Gasteiger charge is -2.40. The lowest BCUT2D eigenvalue weighted by atomic mass is 9.85. The van der Waals surface area contributed by atoms with E-state index in [1.54, 1.807) is 31.2 Å². The molecule has 0 fully saturated rings. The van der Waals surface area contributed by atoms with Crippen molar-refractivity contribution in [1.82, 2.24) is 24.6 Å². The zero-order chi connectivity index (χ0) is 28.3. The number of nitriles is 1. The van der Waals surface area contributed by atoms with Crippen molar-refractivity contribution in [1.29, 1.82) is 5.26 Å². The van der Waals surface area contributed by atoms with Crippen LogP contribution in [0.25, 0.3) is 10.6 Å². The first kappa shape index (κ1) is 27.5. The summed E-state index contributed by atoms with van der Waals surface area (Å²) in [5.74, 6) is -4.07. The fourth-order valence-electron chi connectivity index (χ4n) is 4.17. The fraction of sp³-hybridized carbons (Fsp3) is 0.231. The third-order valence-corrected chi connectivity index (χ3v) is 7.44. The maximum atomic E-state index is 15.0. The van der Waals surface area contributed by atoms with Crippen molar-refractivity contribution < 1.29 is 28.6 Å². The zero-order valence-corrected chi connectivity index (χ0v) is 21.6. The Bertz CT molecular complexity index is 1550. The van der Waals surface area contributed by atoms with E-state index in [1.807, 2.05) is 6.07 Å². The largest absolute Gasteiger partial charge is 0.480 e. The van der Waals surface area contributed by atoms with E-state index in [-0.39, 0.29) is 10.4 Å². The van der Waals surface area contributed by atoms with Gasteiger partial charge in [0.15, 0.2) is 0 Å². The monoisotopic (exact) mass is 552 g/mol. The van der Waals surface area contributed by atoms with Gasteiger partial charge in [-0.3, -0.25) is 9.59 Å². The van der Waals surface area contributed by atoms with Gasteiger partial charge in [0.2, 0.25) is 0 Å². The first-order valence-corrected chi connectivity index (χ1v) is 12.4. The Labute approximate surface area is 225 Å². The summed E-state index contributed by atoms with van der Waals surface area (Å²) in [6.07, 6.45) is 2.46. The van der Waals surface area contributed by atoms with Crippen LogP contribution in [0.5, 0.6) is 0 Å². The maximum Gasteiger partial charge on any atom is 0.323 e. The van der Waals surface area contributed by atoms with Crippen molar-refractivity contribution in [3.63, 3.8) is 0 Å². The molecule has 2 N–H and O–H groups in total. The number of halogens is 2. The predicted octanol–water partition coefficient (Wildman–Crippen LogP) is 3.36. The van der Waals surface area contributed by atoms with Crippen LogP contribution in [0.1, 0.15) is 33.4 Å². The minimum Gasteiger partial charge on any atom is -0.480 e. The number of hydrogen-bond acceptors (Lipinski definition) is 8. The molecule has 4 aromatic rings. The SMILES string of the molecule is Cc1nc(-c2ccc(C#N)cc2)sc1C(=O)N(CC(=O)O)[C@H](C)[C@](O)(Cn1cncn1)c1ccc(F)cc1F. The van der Waals surface area contributed by atoms with Gasteiger partial charge in [-0.05, 0) is 32.0 Å². The topological polar surface area (TPSA) is 145 Å². The number of carboxylic acids is 1. The summed E-state index contributed by atoms with van der Waals surface area (Å²) < 4.78 is 29.9. The van der Waals surface area contributed by atoms with E-state index in [2.05, 4.69) is 15.1 Å². The molecule has 2 heterocycles. The van der Waals surface area contributed by atoms with Crippen molar-refractivity contribution in [2.45, 2.75) is 32.0 Å². The molecule has 0 unspecified atom stereocenters. The predicted molar refractivity (Wildman–Crippen MR) is 135 cm³/mol. The number of benzene rings is 2. The summed E-state index contributed by atoms with van der Waals surface area (Å²) in [6, 6.07) is 9.84. The van der Waals surface area contributed by atoms with Gasteiger partial charge in [-0.2, -0.15) is 10.4 Å². The number of rotatable bonds is 9. The van der Waals surface area contributed by atoms with Crippen LogP contribution in [0.3, 0.4) is 0 Å². The van der Waals surface area contributed by atoms with Crippen LogP contribution >= 0.6 is 11.3 Å².